The zero-order valence-corrected chi connectivity index (χ0v) is 12.1. The molecule has 0 aromatic carbocycles. The highest BCUT2D eigenvalue weighted by molar-refractivity contribution is 5.83. The quantitative estimate of drug-likeness (QED) is 0.702. The maximum atomic E-state index is 12.2. The molecule has 0 spiro atoms. The van der Waals surface area contributed by atoms with Crippen molar-refractivity contribution in [1.29, 1.82) is 0 Å². The molecule has 1 heterocycles. The lowest BCUT2D eigenvalue weighted by atomic mass is 10.1. The van der Waals surface area contributed by atoms with Crippen LogP contribution in [0.5, 0.6) is 0 Å². The van der Waals surface area contributed by atoms with Crippen LogP contribution in [0.4, 0.5) is 0 Å². The zero-order chi connectivity index (χ0) is 14.4. The number of amides is 1. The van der Waals surface area contributed by atoms with Gasteiger partial charge >= 0.3 is 5.97 Å². The third kappa shape index (κ3) is 5.16. The summed E-state index contributed by atoms with van der Waals surface area (Å²) in [5.74, 6) is -0.418. The van der Waals surface area contributed by atoms with Gasteiger partial charge in [-0.05, 0) is 26.7 Å². The van der Waals surface area contributed by atoms with Crippen LogP contribution in [-0.2, 0) is 14.3 Å². The van der Waals surface area contributed by atoms with Gasteiger partial charge in [0.2, 0.25) is 5.91 Å². The lowest BCUT2D eigenvalue weighted by Gasteiger charge is -2.32. The normalized spacial score (nSPS) is 17.5. The highest BCUT2D eigenvalue weighted by Gasteiger charge is 2.24. The molecule has 0 aliphatic carbocycles. The number of nitrogens with zero attached hydrogens (tertiary/aromatic N) is 2. The molecule has 1 aliphatic rings. The van der Waals surface area contributed by atoms with Gasteiger partial charge in [0.05, 0.1) is 13.7 Å². The number of nitrogens with two attached hydrogens (primary N) is 1. The lowest BCUT2D eigenvalue weighted by molar-refractivity contribution is -0.148. The van der Waals surface area contributed by atoms with E-state index in [4.69, 9.17) is 5.73 Å². The van der Waals surface area contributed by atoms with Crippen LogP contribution in [0.2, 0.25) is 0 Å². The van der Waals surface area contributed by atoms with Crippen molar-refractivity contribution in [3.8, 4) is 0 Å². The molecule has 0 atom stereocenters. The molecule has 0 radical (unpaired) electrons. The molecule has 2 N–H and O–H groups in total. The summed E-state index contributed by atoms with van der Waals surface area (Å²) >= 11 is 0. The average Bonchev–Trinajstić information content (AvgIpc) is 2.37. The SMILES string of the molecule is COC(=O)CN(C(=O)CN1CCC(N)CC1)C(C)C. The van der Waals surface area contributed by atoms with Gasteiger partial charge in [0.1, 0.15) is 6.54 Å². The second-order valence-corrected chi connectivity index (χ2v) is 5.31. The van der Waals surface area contributed by atoms with E-state index >= 15 is 0 Å². The Morgan fingerprint density at radius 2 is 1.95 bits per heavy atom. The minimum Gasteiger partial charge on any atom is -0.468 e. The van der Waals surface area contributed by atoms with E-state index < -0.39 is 0 Å². The van der Waals surface area contributed by atoms with Gasteiger partial charge < -0.3 is 15.4 Å². The monoisotopic (exact) mass is 271 g/mol. The summed E-state index contributed by atoms with van der Waals surface area (Å²) in [4.78, 5) is 27.2. The maximum absolute atomic E-state index is 12.2. The Balaban J connectivity index is 2.50. The van der Waals surface area contributed by atoms with E-state index in [2.05, 4.69) is 9.64 Å². The van der Waals surface area contributed by atoms with Crippen molar-refractivity contribution >= 4 is 11.9 Å². The highest BCUT2D eigenvalue weighted by atomic mass is 16.5. The zero-order valence-electron chi connectivity index (χ0n) is 12.1. The minimum absolute atomic E-state index is 0.0142. The summed E-state index contributed by atoms with van der Waals surface area (Å²) in [5, 5.41) is 0. The highest BCUT2D eigenvalue weighted by Crippen LogP contribution is 2.09. The first-order valence-corrected chi connectivity index (χ1v) is 6.78. The molecule has 0 aromatic rings. The predicted octanol–water partition coefficient (Wildman–Crippen LogP) is -0.180. The molecule has 1 saturated heterocycles. The third-order valence-corrected chi connectivity index (χ3v) is 3.46. The number of hydrogen-bond donors (Lipinski definition) is 1. The van der Waals surface area contributed by atoms with Crippen LogP contribution in [0.15, 0.2) is 0 Å². The van der Waals surface area contributed by atoms with E-state index in [1.165, 1.54) is 7.11 Å². The van der Waals surface area contributed by atoms with Gasteiger partial charge in [0, 0.05) is 25.2 Å². The van der Waals surface area contributed by atoms with Gasteiger partial charge in [0.25, 0.3) is 0 Å². The number of likely N-dealkylation sites (tertiary alicyclic amines) is 1. The van der Waals surface area contributed by atoms with Gasteiger partial charge in [0.15, 0.2) is 0 Å². The summed E-state index contributed by atoms with van der Waals surface area (Å²) in [6, 6.07) is 0.237. The van der Waals surface area contributed by atoms with Crippen LogP contribution in [0.3, 0.4) is 0 Å². The number of carbonyl (C=O) groups is 2. The third-order valence-electron chi connectivity index (χ3n) is 3.46. The lowest BCUT2D eigenvalue weighted by Crippen LogP contribution is -2.48. The number of esters is 1. The van der Waals surface area contributed by atoms with Crippen LogP contribution < -0.4 is 5.73 Å². The summed E-state index contributed by atoms with van der Waals surface area (Å²) in [5.41, 5.74) is 5.84. The van der Waals surface area contributed by atoms with Crippen LogP contribution >= 0.6 is 0 Å². The molecule has 1 aliphatic heterocycles. The fourth-order valence-corrected chi connectivity index (χ4v) is 2.16. The van der Waals surface area contributed by atoms with Gasteiger partial charge in [-0.2, -0.15) is 0 Å². The Morgan fingerprint density at radius 3 is 2.42 bits per heavy atom. The molecule has 0 aromatic heterocycles. The van der Waals surface area contributed by atoms with Gasteiger partial charge in [-0.15, -0.1) is 0 Å². The number of ether oxygens (including phenoxy) is 1. The maximum Gasteiger partial charge on any atom is 0.325 e. The summed E-state index contributed by atoms with van der Waals surface area (Å²) < 4.78 is 4.62. The molecule has 0 bridgehead atoms. The van der Waals surface area contributed by atoms with Crippen molar-refractivity contribution in [2.45, 2.75) is 38.8 Å². The van der Waals surface area contributed by atoms with E-state index in [9.17, 15) is 9.59 Å². The molecule has 1 rings (SSSR count). The molecule has 1 amide bonds. The summed E-state index contributed by atoms with van der Waals surface area (Å²) in [6.45, 7) is 5.84. The van der Waals surface area contributed by atoms with Crippen LogP contribution in [0.1, 0.15) is 26.7 Å². The Labute approximate surface area is 114 Å². The molecule has 0 unspecified atom stereocenters. The molecule has 110 valence electrons. The number of piperidine rings is 1. The van der Waals surface area contributed by atoms with E-state index in [1.54, 1.807) is 4.90 Å². The number of hydrogen-bond acceptors (Lipinski definition) is 5. The van der Waals surface area contributed by atoms with Crippen LogP contribution in [-0.4, -0.2) is 67.0 Å². The summed E-state index contributed by atoms with van der Waals surface area (Å²) in [6.07, 6.45) is 1.85. The standard InChI is InChI=1S/C13H25N3O3/c1-10(2)16(9-13(18)19-3)12(17)8-15-6-4-11(14)5-7-15/h10-11H,4-9,14H2,1-3H3. The largest absolute Gasteiger partial charge is 0.468 e. The van der Waals surface area contributed by atoms with Crippen molar-refractivity contribution < 1.29 is 14.3 Å². The van der Waals surface area contributed by atoms with Crippen LogP contribution in [0, 0.1) is 0 Å². The Morgan fingerprint density at radius 1 is 1.37 bits per heavy atom. The second kappa shape index (κ2) is 7.45. The van der Waals surface area contributed by atoms with E-state index in [1.807, 2.05) is 13.8 Å². The molecule has 0 saturated carbocycles. The van der Waals surface area contributed by atoms with Crippen LogP contribution in [0.25, 0.3) is 0 Å². The van der Waals surface area contributed by atoms with Gasteiger partial charge in [-0.25, -0.2) is 0 Å². The van der Waals surface area contributed by atoms with Gasteiger partial charge in [-0.1, -0.05) is 0 Å². The minimum atomic E-state index is -0.386. The molecule has 19 heavy (non-hydrogen) atoms. The van der Waals surface area contributed by atoms with E-state index in [0.29, 0.717) is 6.54 Å². The Hall–Kier alpha value is -1.14. The number of methoxy groups -OCH3 is 1. The first-order valence-electron chi connectivity index (χ1n) is 6.78. The molecular weight excluding hydrogens is 246 g/mol. The Kier molecular flexibility index (Phi) is 6.24. The first-order chi connectivity index (χ1) is 8.93. The van der Waals surface area contributed by atoms with E-state index in [-0.39, 0.29) is 30.5 Å². The molecular formula is C13H25N3O3. The van der Waals surface area contributed by atoms with Crippen molar-refractivity contribution in [2.75, 3.05) is 33.3 Å². The number of carbonyl (C=O) groups excluding carboxylic acids is 2. The molecule has 6 heteroatoms. The van der Waals surface area contributed by atoms with Crippen molar-refractivity contribution in [3.05, 3.63) is 0 Å². The fourth-order valence-electron chi connectivity index (χ4n) is 2.16. The topological polar surface area (TPSA) is 75.9 Å². The average molecular weight is 271 g/mol. The van der Waals surface area contributed by atoms with Crippen molar-refractivity contribution in [3.63, 3.8) is 0 Å². The molecule has 1 fully saturated rings. The smallest absolute Gasteiger partial charge is 0.325 e. The number of rotatable bonds is 5. The van der Waals surface area contributed by atoms with Crippen molar-refractivity contribution in [1.82, 2.24) is 9.80 Å². The molecule has 6 nitrogen and oxygen atoms in total. The fraction of sp³-hybridized carbons (Fsp3) is 0.846. The second-order valence-electron chi connectivity index (χ2n) is 5.31. The van der Waals surface area contributed by atoms with Crippen molar-refractivity contribution in [2.24, 2.45) is 5.73 Å². The van der Waals surface area contributed by atoms with Gasteiger partial charge in [-0.3, -0.25) is 14.5 Å². The summed E-state index contributed by atoms with van der Waals surface area (Å²) in [7, 11) is 1.33. The Bertz CT molecular complexity index is 312. The first kappa shape index (κ1) is 15.9. The predicted molar refractivity (Wildman–Crippen MR) is 72.5 cm³/mol. The van der Waals surface area contributed by atoms with E-state index in [0.717, 1.165) is 25.9 Å².